The van der Waals surface area contributed by atoms with Crippen molar-refractivity contribution in [1.29, 1.82) is 0 Å². The lowest BCUT2D eigenvalue weighted by Gasteiger charge is -2.00. The number of carbonyl (C=O) groups is 1. The van der Waals surface area contributed by atoms with E-state index in [9.17, 15) is 9.90 Å². The highest BCUT2D eigenvalue weighted by molar-refractivity contribution is 7.99. The Bertz CT molecular complexity index is 858. The fourth-order valence-corrected chi connectivity index (χ4v) is 2.78. The molecular weight excluding hydrogens is 338 g/mol. The van der Waals surface area contributed by atoms with Crippen LogP contribution in [-0.2, 0) is 0 Å². The molecular formula is C15H10ClN3O3S. The molecule has 2 N–H and O–H groups in total. The number of aliphatic hydroxyl groups is 1. The SMILES string of the molecule is O=C(C=C(O)c1nc[nH]n1)c1ccc(Sc2ccccc2Cl)o1. The first-order valence-corrected chi connectivity index (χ1v) is 7.66. The number of nitrogens with one attached hydrogen (secondary N) is 1. The molecule has 0 unspecified atom stereocenters. The lowest BCUT2D eigenvalue weighted by atomic mass is 10.2. The van der Waals surface area contributed by atoms with Crippen LogP contribution in [0.1, 0.15) is 16.4 Å². The Balaban J connectivity index is 1.75. The molecule has 3 rings (SSSR count). The summed E-state index contributed by atoms with van der Waals surface area (Å²) in [6, 6.07) is 10.5. The molecule has 0 amide bonds. The van der Waals surface area contributed by atoms with E-state index in [0.717, 1.165) is 11.0 Å². The number of rotatable bonds is 5. The number of aliphatic hydroxyl groups excluding tert-OH is 1. The van der Waals surface area contributed by atoms with Crippen LogP contribution in [0, 0.1) is 0 Å². The lowest BCUT2D eigenvalue weighted by Crippen LogP contribution is -1.95. The van der Waals surface area contributed by atoms with Gasteiger partial charge in [-0.3, -0.25) is 9.89 Å². The van der Waals surface area contributed by atoms with E-state index in [1.807, 2.05) is 18.2 Å². The molecule has 8 heteroatoms. The van der Waals surface area contributed by atoms with Crippen LogP contribution < -0.4 is 0 Å². The summed E-state index contributed by atoms with van der Waals surface area (Å²) in [5.74, 6) is -0.691. The minimum Gasteiger partial charge on any atom is -0.504 e. The van der Waals surface area contributed by atoms with Crippen molar-refractivity contribution in [3.63, 3.8) is 0 Å². The molecule has 0 aliphatic rings. The molecule has 0 aliphatic carbocycles. The van der Waals surface area contributed by atoms with E-state index >= 15 is 0 Å². The Labute approximate surface area is 140 Å². The fourth-order valence-electron chi connectivity index (χ4n) is 1.74. The van der Waals surface area contributed by atoms with Gasteiger partial charge in [-0.05, 0) is 24.3 Å². The van der Waals surface area contributed by atoms with Gasteiger partial charge in [0.15, 0.2) is 16.6 Å². The van der Waals surface area contributed by atoms with Gasteiger partial charge in [-0.15, -0.1) is 0 Å². The normalized spacial score (nSPS) is 11.6. The van der Waals surface area contributed by atoms with E-state index in [1.165, 1.54) is 24.2 Å². The van der Waals surface area contributed by atoms with E-state index < -0.39 is 5.78 Å². The summed E-state index contributed by atoms with van der Waals surface area (Å²) in [6.07, 6.45) is 2.31. The van der Waals surface area contributed by atoms with Crippen molar-refractivity contribution < 1.29 is 14.3 Å². The molecule has 1 aromatic carbocycles. The smallest absolute Gasteiger partial charge is 0.224 e. The van der Waals surface area contributed by atoms with Crippen LogP contribution >= 0.6 is 23.4 Å². The molecule has 0 spiro atoms. The second-order valence-electron chi connectivity index (χ2n) is 4.37. The fraction of sp³-hybridized carbons (Fsp3) is 0. The van der Waals surface area contributed by atoms with Gasteiger partial charge in [0.25, 0.3) is 0 Å². The van der Waals surface area contributed by atoms with Gasteiger partial charge in [0.2, 0.25) is 11.6 Å². The van der Waals surface area contributed by atoms with Crippen molar-refractivity contribution in [2.75, 3.05) is 0 Å². The quantitative estimate of drug-likeness (QED) is 0.412. The molecule has 0 fully saturated rings. The highest BCUT2D eigenvalue weighted by Crippen LogP contribution is 2.34. The number of halogens is 1. The minimum atomic E-state index is -0.488. The summed E-state index contributed by atoms with van der Waals surface area (Å²) in [4.78, 5) is 16.6. The molecule has 116 valence electrons. The van der Waals surface area contributed by atoms with E-state index in [1.54, 1.807) is 12.1 Å². The molecule has 2 aromatic heterocycles. The van der Waals surface area contributed by atoms with E-state index in [4.69, 9.17) is 16.0 Å². The molecule has 0 radical (unpaired) electrons. The second kappa shape index (κ2) is 6.72. The average Bonchev–Trinajstić information content (AvgIpc) is 3.21. The van der Waals surface area contributed by atoms with Crippen molar-refractivity contribution in [2.24, 2.45) is 0 Å². The number of H-pyrrole nitrogens is 1. The number of carbonyl (C=O) groups excluding carboxylic acids is 1. The monoisotopic (exact) mass is 347 g/mol. The Morgan fingerprint density at radius 1 is 1.30 bits per heavy atom. The second-order valence-corrected chi connectivity index (χ2v) is 5.82. The number of allylic oxidation sites excluding steroid dienone is 1. The molecule has 0 saturated carbocycles. The zero-order chi connectivity index (χ0) is 16.2. The van der Waals surface area contributed by atoms with Gasteiger partial charge in [-0.2, -0.15) is 5.10 Å². The van der Waals surface area contributed by atoms with Crippen molar-refractivity contribution in [3.05, 3.63) is 65.4 Å². The van der Waals surface area contributed by atoms with Gasteiger partial charge < -0.3 is 9.52 Å². The molecule has 0 atom stereocenters. The molecule has 6 nitrogen and oxygen atoms in total. The molecule has 0 aliphatic heterocycles. The Kier molecular flexibility index (Phi) is 4.50. The summed E-state index contributed by atoms with van der Waals surface area (Å²) >= 11 is 7.39. The molecule has 23 heavy (non-hydrogen) atoms. The van der Waals surface area contributed by atoms with Crippen LogP contribution in [0.15, 0.2) is 63.2 Å². The molecule has 3 aromatic rings. The largest absolute Gasteiger partial charge is 0.504 e. The predicted octanol–water partition coefficient (Wildman–Crippen LogP) is 3.98. The van der Waals surface area contributed by atoms with E-state index in [0.29, 0.717) is 10.1 Å². The van der Waals surface area contributed by atoms with Gasteiger partial charge in [0.05, 0.1) is 5.02 Å². The summed E-state index contributed by atoms with van der Waals surface area (Å²) in [5.41, 5.74) is 0. The maximum absolute atomic E-state index is 12.1. The maximum atomic E-state index is 12.1. The number of hydrogen-bond acceptors (Lipinski definition) is 6. The van der Waals surface area contributed by atoms with Crippen molar-refractivity contribution in [1.82, 2.24) is 15.2 Å². The molecule has 2 heterocycles. The maximum Gasteiger partial charge on any atom is 0.224 e. The van der Waals surface area contributed by atoms with Crippen LogP contribution in [0.3, 0.4) is 0 Å². The van der Waals surface area contributed by atoms with Gasteiger partial charge in [0.1, 0.15) is 6.33 Å². The Morgan fingerprint density at radius 3 is 2.87 bits per heavy atom. The Morgan fingerprint density at radius 2 is 2.13 bits per heavy atom. The number of ketones is 1. The number of nitrogens with zero attached hydrogens (tertiary/aromatic N) is 2. The van der Waals surface area contributed by atoms with Gasteiger partial charge >= 0.3 is 0 Å². The van der Waals surface area contributed by atoms with Crippen molar-refractivity contribution in [2.45, 2.75) is 9.99 Å². The number of hydrogen-bond donors (Lipinski definition) is 2. The highest BCUT2D eigenvalue weighted by atomic mass is 35.5. The zero-order valence-electron chi connectivity index (χ0n) is 11.6. The summed E-state index contributed by atoms with van der Waals surface area (Å²) < 4.78 is 5.47. The lowest BCUT2D eigenvalue weighted by molar-refractivity contribution is 0.101. The van der Waals surface area contributed by atoms with Crippen molar-refractivity contribution >= 4 is 34.9 Å². The first kappa shape index (κ1) is 15.4. The van der Waals surface area contributed by atoms with Gasteiger partial charge in [-0.1, -0.05) is 35.5 Å². The van der Waals surface area contributed by atoms with Crippen LogP contribution in [0.25, 0.3) is 5.76 Å². The predicted molar refractivity (Wildman–Crippen MR) is 85.6 cm³/mol. The number of furan rings is 1. The van der Waals surface area contributed by atoms with Gasteiger partial charge in [-0.25, -0.2) is 4.98 Å². The van der Waals surface area contributed by atoms with Gasteiger partial charge in [0, 0.05) is 11.0 Å². The zero-order valence-corrected chi connectivity index (χ0v) is 13.1. The average molecular weight is 348 g/mol. The third-order valence-corrected chi connectivity index (χ3v) is 4.22. The summed E-state index contributed by atoms with van der Waals surface area (Å²) in [7, 11) is 0. The third kappa shape index (κ3) is 3.64. The molecule has 0 saturated heterocycles. The van der Waals surface area contributed by atoms with Crippen molar-refractivity contribution in [3.8, 4) is 0 Å². The number of aromatic nitrogens is 3. The Hall–Kier alpha value is -2.51. The minimum absolute atomic E-state index is 0.0376. The van der Waals surface area contributed by atoms with E-state index in [2.05, 4.69) is 15.2 Å². The highest BCUT2D eigenvalue weighted by Gasteiger charge is 2.13. The summed E-state index contributed by atoms with van der Waals surface area (Å²) in [5, 5.41) is 17.0. The first-order valence-electron chi connectivity index (χ1n) is 6.47. The third-order valence-electron chi connectivity index (χ3n) is 2.78. The number of aromatic amines is 1. The topological polar surface area (TPSA) is 92.0 Å². The van der Waals surface area contributed by atoms with Crippen LogP contribution in [0.5, 0.6) is 0 Å². The van der Waals surface area contributed by atoms with Crippen LogP contribution in [0.4, 0.5) is 0 Å². The first-order chi connectivity index (χ1) is 11.1. The summed E-state index contributed by atoms with van der Waals surface area (Å²) in [6.45, 7) is 0. The standard InChI is InChI=1S/C15H10ClN3O3S/c16-9-3-1-2-4-13(9)23-14-6-5-12(22-14)10(20)7-11(21)15-17-8-18-19-15/h1-8,21H,(H,17,18,19). The van der Waals surface area contributed by atoms with Crippen LogP contribution in [0.2, 0.25) is 5.02 Å². The molecule has 0 bridgehead atoms. The van der Waals surface area contributed by atoms with Crippen LogP contribution in [-0.4, -0.2) is 26.1 Å². The van der Waals surface area contributed by atoms with E-state index in [-0.39, 0.29) is 17.3 Å². The number of benzene rings is 1.